The minimum atomic E-state index is -0.498. The Morgan fingerprint density at radius 1 is 1.40 bits per heavy atom. The van der Waals surface area contributed by atoms with Crippen LogP contribution in [0.25, 0.3) is 0 Å². The molecular weight excluding hydrogens is 261 g/mol. The van der Waals surface area contributed by atoms with Gasteiger partial charge in [-0.2, -0.15) is 0 Å². The molecule has 2 heterocycles. The second-order valence-electron chi connectivity index (χ2n) is 6.55. The first-order valence-electron chi connectivity index (χ1n) is 6.72. The van der Waals surface area contributed by atoms with Crippen molar-refractivity contribution in [2.24, 2.45) is 0 Å². The number of fused-ring (bicyclic) bond motifs is 1. The minimum absolute atomic E-state index is 0.302. The Kier molecular flexibility index (Phi) is 2.71. The van der Waals surface area contributed by atoms with E-state index >= 15 is 0 Å². The molecule has 2 aliphatic heterocycles. The molecule has 1 spiro atoms. The molecule has 1 aromatic rings. The lowest BCUT2D eigenvalue weighted by Gasteiger charge is -2.46. The van der Waals surface area contributed by atoms with E-state index in [1.807, 2.05) is 20.8 Å². The highest BCUT2D eigenvalue weighted by Crippen LogP contribution is 2.41. The predicted molar refractivity (Wildman–Crippen MR) is 71.3 cm³/mol. The molecule has 1 saturated heterocycles. The Labute approximate surface area is 117 Å². The van der Waals surface area contributed by atoms with Gasteiger partial charge in [-0.25, -0.2) is 9.18 Å². The first-order valence-corrected chi connectivity index (χ1v) is 6.72. The molecule has 3 rings (SSSR count). The largest absolute Gasteiger partial charge is 0.483 e. The van der Waals surface area contributed by atoms with Crippen LogP contribution in [0.2, 0.25) is 0 Å². The molecule has 2 aliphatic rings. The van der Waals surface area contributed by atoms with Crippen LogP contribution in [0.4, 0.5) is 9.18 Å². The normalized spacial score (nSPS) is 19.3. The van der Waals surface area contributed by atoms with Crippen LogP contribution in [0.5, 0.6) is 5.75 Å². The highest BCUT2D eigenvalue weighted by atomic mass is 19.1. The molecule has 0 N–H and O–H groups in total. The van der Waals surface area contributed by atoms with Gasteiger partial charge in [-0.3, -0.25) is 0 Å². The van der Waals surface area contributed by atoms with Crippen molar-refractivity contribution in [1.82, 2.24) is 4.90 Å². The molecule has 0 bridgehead atoms. The summed E-state index contributed by atoms with van der Waals surface area (Å²) in [5.41, 5.74) is 0.102. The molecule has 0 unspecified atom stereocenters. The van der Waals surface area contributed by atoms with Gasteiger partial charge in [-0.05, 0) is 32.4 Å². The van der Waals surface area contributed by atoms with E-state index in [1.165, 1.54) is 12.1 Å². The fourth-order valence-corrected chi connectivity index (χ4v) is 2.67. The van der Waals surface area contributed by atoms with E-state index in [9.17, 15) is 9.18 Å². The highest BCUT2D eigenvalue weighted by Gasteiger charge is 2.52. The quantitative estimate of drug-likeness (QED) is 0.733. The summed E-state index contributed by atoms with van der Waals surface area (Å²) in [6.45, 7) is 6.48. The topological polar surface area (TPSA) is 38.8 Å². The number of likely N-dealkylation sites (tertiary alicyclic amines) is 1. The number of benzene rings is 1. The minimum Gasteiger partial charge on any atom is -0.483 e. The lowest BCUT2D eigenvalue weighted by Crippen LogP contribution is -2.66. The first kappa shape index (κ1) is 13.2. The summed E-state index contributed by atoms with van der Waals surface area (Å²) in [4.78, 5) is 13.5. The number of ether oxygens (including phenoxy) is 2. The van der Waals surface area contributed by atoms with Crippen molar-refractivity contribution in [3.8, 4) is 5.75 Å². The smallest absolute Gasteiger partial charge is 0.410 e. The number of nitrogens with zero attached hydrogens (tertiary/aromatic N) is 1. The molecule has 4 nitrogen and oxygen atoms in total. The van der Waals surface area contributed by atoms with E-state index < -0.39 is 11.2 Å². The van der Waals surface area contributed by atoms with Crippen LogP contribution < -0.4 is 4.74 Å². The van der Waals surface area contributed by atoms with Gasteiger partial charge < -0.3 is 14.4 Å². The summed E-state index contributed by atoms with van der Waals surface area (Å²) in [6.07, 6.45) is 0.385. The van der Waals surface area contributed by atoms with E-state index in [2.05, 4.69) is 0 Å². The molecule has 5 heteroatoms. The zero-order valence-corrected chi connectivity index (χ0v) is 11.9. The van der Waals surface area contributed by atoms with Gasteiger partial charge in [0.2, 0.25) is 0 Å². The summed E-state index contributed by atoms with van der Waals surface area (Å²) in [5, 5.41) is 0. The second-order valence-corrected chi connectivity index (χ2v) is 6.55. The summed E-state index contributed by atoms with van der Waals surface area (Å²) in [6, 6.07) is 4.58. The molecule has 0 aliphatic carbocycles. The van der Waals surface area contributed by atoms with E-state index in [0.29, 0.717) is 25.3 Å². The van der Waals surface area contributed by atoms with Crippen molar-refractivity contribution in [2.75, 3.05) is 13.1 Å². The number of carbonyl (C=O) groups is 1. The number of amides is 1. The monoisotopic (exact) mass is 279 g/mol. The van der Waals surface area contributed by atoms with Crippen molar-refractivity contribution in [2.45, 2.75) is 38.4 Å². The molecule has 1 fully saturated rings. The summed E-state index contributed by atoms with van der Waals surface area (Å²) < 4.78 is 24.3. The zero-order valence-electron chi connectivity index (χ0n) is 11.9. The van der Waals surface area contributed by atoms with Gasteiger partial charge >= 0.3 is 6.09 Å². The van der Waals surface area contributed by atoms with E-state index in [-0.39, 0.29) is 11.9 Å². The number of hydrogen-bond acceptors (Lipinski definition) is 3. The number of halogens is 1. The van der Waals surface area contributed by atoms with Crippen molar-refractivity contribution in [3.63, 3.8) is 0 Å². The molecule has 0 radical (unpaired) electrons. The average molecular weight is 279 g/mol. The first-order chi connectivity index (χ1) is 9.26. The van der Waals surface area contributed by atoms with Gasteiger partial charge in [-0.15, -0.1) is 0 Å². The van der Waals surface area contributed by atoms with Gasteiger partial charge in [0.1, 0.15) is 22.8 Å². The molecule has 0 aromatic heterocycles. The third-order valence-corrected chi connectivity index (χ3v) is 3.48. The summed E-state index contributed by atoms with van der Waals surface area (Å²) in [7, 11) is 0. The lowest BCUT2D eigenvalue weighted by molar-refractivity contribution is -0.0704. The van der Waals surface area contributed by atoms with Gasteiger partial charge in [-0.1, -0.05) is 6.07 Å². The molecular formula is C15H18FNO3. The van der Waals surface area contributed by atoms with Gasteiger partial charge in [0.25, 0.3) is 0 Å². The number of hydrogen-bond donors (Lipinski definition) is 0. The van der Waals surface area contributed by atoms with Crippen molar-refractivity contribution < 1.29 is 18.7 Å². The van der Waals surface area contributed by atoms with Crippen LogP contribution >= 0.6 is 0 Å². The van der Waals surface area contributed by atoms with Crippen molar-refractivity contribution in [3.05, 3.63) is 29.6 Å². The Bertz CT molecular complexity index is 559. The van der Waals surface area contributed by atoms with Crippen LogP contribution in [-0.2, 0) is 11.2 Å². The van der Waals surface area contributed by atoms with E-state index in [4.69, 9.17) is 9.47 Å². The Morgan fingerprint density at radius 2 is 2.10 bits per heavy atom. The van der Waals surface area contributed by atoms with E-state index in [0.717, 1.165) is 5.56 Å². The molecule has 0 saturated carbocycles. The predicted octanol–water partition coefficient (Wildman–Crippen LogP) is 2.75. The van der Waals surface area contributed by atoms with Crippen LogP contribution in [0.15, 0.2) is 18.2 Å². The van der Waals surface area contributed by atoms with Gasteiger partial charge in [0, 0.05) is 12.5 Å². The van der Waals surface area contributed by atoms with Crippen LogP contribution in [0, 0.1) is 5.82 Å². The van der Waals surface area contributed by atoms with Crippen LogP contribution in [0.3, 0.4) is 0 Å². The van der Waals surface area contributed by atoms with Crippen LogP contribution in [-0.4, -0.2) is 35.3 Å². The molecule has 108 valence electrons. The molecule has 20 heavy (non-hydrogen) atoms. The highest BCUT2D eigenvalue weighted by molar-refractivity contribution is 5.70. The maximum Gasteiger partial charge on any atom is 0.410 e. The molecule has 1 aromatic carbocycles. The van der Waals surface area contributed by atoms with Gasteiger partial charge in [0.05, 0.1) is 13.1 Å². The van der Waals surface area contributed by atoms with Gasteiger partial charge in [0.15, 0.2) is 0 Å². The molecule has 1 amide bonds. The third-order valence-electron chi connectivity index (χ3n) is 3.48. The Balaban J connectivity index is 1.63. The zero-order chi connectivity index (χ0) is 14.5. The SMILES string of the molecule is CC(C)(C)OC(=O)N1CC2(Cc3ccc(F)cc3O2)C1. The Hall–Kier alpha value is -1.78. The fraction of sp³-hybridized carbons (Fsp3) is 0.533. The fourth-order valence-electron chi connectivity index (χ4n) is 2.67. The van der Waals surface area contributed by atoms with Crippen molar-refractivity contribution >= 4 is 6.09 Å². The maximum absolute atomic E-state index is 13.2. The molecule has 0 atom stereocenters. The average Bonchev–Trinajstić information content (AvgIpc) is 2.62. The third kappa shape index (κ3) is 2.32. The second kappa shape index (κ2) is 4.11. The summed E-state index contributed by atoms with van der Waals surface area (Å²) in [5.74, 6) is 0.290. The van der Waals surface area contributed by atoms with Crippen molar-refractivity contribution in [1.29, 1.82) is 0 Å². The summed E-state index contributed by atoms with van der Waals surface area (Å²) >= 11 is 0. The lowest BCUT2D eigenvalue weighted by atomic mass is 9.89. The number of rotatable bonds is 0. The maximum atomic E-state index is 13.2. The standard InChI is InChI=1S/C15H18FNO3/c1-14(2,3)20-13(18)17-8-15(9-17)7-10-4-5-11(16)6-12(10)19-15/h4-6H,7-9H2,1-3H3. The Morgan fingerprint density at radius 3 is 2.75 bits per heavy atom. The van der Waals surface area contributed by atoms with Crippen LogP contribution in [0.1, 0.15) is 26.3 Å². The number of carbonyl (C=O) groups excluding carboxylic acids is 1. The van der Waals surface area contributed by atoms with E-state index in [1.54, 1.807) is 11.0 Å².